The number of ether oxygens (including phenoxy) is 1. The molecule has 0 fully saturated rings. The van der Waals surface area contributed by atoms with E-state index >= 15 is 0 Å². The number of nitrogens with one attached hydrogen (secondary N) is 1. The highest BCUT2D eigenvalue weighted by Gasteiger charge is 2.22. The molecule has 1 unspecified atom stereocenters. The normalized spacial score (nSPS) is 19.8. The molecule has 3 heterocycles. The van der Waals surface area contributed by atoms with Crippen molar-refractivity contribution in [1.82, 2.24) is 14.9 Å². The molecule has 0 aliphatic carbocycles. The average molecular weight is 353 g/mol. The molecule has 2 aromatic rings. The van der Waals surface area contributed by atoms with Gasteiger partial charge in [0.05, 0.1) is 5.69 Å². The Morgan fingerprint density at radius 1 is 1.31 bits per heavy atom. The van der Waals surface area contributed by atoms with Gasteiger partial charge in [0.2, 0.25) is 0 Å². The zero-order valence-corrected chi connectivity index (χ0v) is 15.8. The van der Waals surface area contributed by atoms with Gasteiger partial charge in [-0.1, -0.05) is 26.0 Å². The van der Waals surface area contributed by atoms with Crippen LogP contribution in [0.25, 0.3) is 0 Å². The zero-order chi connectivity index (χ0) is 18.3. The topological polar surface area (TPSA) is 58.2 Å². The first-order chi connectivity index (χ1) is 12.5. The average Bonchev–Trinajstić information content (AvgIpc) is 2.84. The van der Waals surface area contributed by atoms with E-state index in [1.165, 1.54) is 11.1 Å². The number of fused-ring (bicyclic) bond motifs is 2. The van der Waals surface area contributed by atoms with Crippen molar-refractivity contribution in [2.24, 2.45) is 0 Å². The molecule has 0 amide bonds. The Morgan fingerprint density at radius 3 is 2.92 bits per heavy atom. The Balaban J connectivity index is 1.49. The van der Waals surface area contributed by atoms with Crippen molar-refractivity contribution in [3.05, 3.63) is 56.8 Å². The van der Waals surface area contributed by atoms with Gasteiger partial charge in [-0.25, -0.2) is 4.98 Å². The molecule has 1 N–H and O–H groups in total. The number of aromatic amines is 1. The van der Waals surface area contributed by atoms with Gasteiger partial charge in [0.1, 0.15) is 17.7 Å². The predicted octanol–water partition coefficient (Wildman–Crippen LogP) is 2.82. The van der Waals surface area contributed by atoms with Crippen LogP contribution in [-0.2, 0) is 25.8 Å². The molecule has 0 saturated heterocycles. The number of rotatable bonds is 3. The van der Waals surface area contributed by atoms with E-state index in [1.807, 2.05) is 0 Å². The van der Waals surface area contributed by atoms with Crippen molar-refractivity contribution in [1.29, 1.82) is 0 Å². The lowest BCUT2D eigenvalue weighted by atomic mass is 10.1. The van der Waals surface area contributed by atoms with Crippen LogP contribution in [0.1, 0.15) is 54.9 Å². The zero-order valence-electron chi connectivity index (χ0n) is 15.8. The molecular weight excluding hydrogens is 326 g/mol. The first-order valence-electron chi connectivity index (χ1n) is 9.62. The first kappa shape index (κ1) is 17.3. The predicted molar refractivity (Wildman–Crippen MR) is 102 cm³/mol. The summed E-state index contributed by atoms with van der Waals surface area (Å²) in [6.45, 7) is 8.97. The maximum Gasteiger partial charge on any atom is 0.254 e. The molecule has 1 atom stereocenters. The molecule has 138 valence electrons. The molecule has 26 heavy (non-hydrogen) atoms. The molecule has 0 radical (unpaired) electrons. The number of benzene rings is 1. The fraction of sp³-hybridized carbons (Fsp3) is 0.524. The highest BCUT2D eigenvalue weighted by Crippen LogP contribution is 2.29. The summed E-state index contributed by atoms with van der Waals surface area (Å²) in [5, 5.41) is 0. The van der Waals surface area contributed by atoms with E-state index in [0.717, 1.165) is 61.7 Å². The van der Waals surface area contributed by atoms with E-state index < -0.39 is 0 Å². The molecule has 2 aliphatic heterocycles. The third-order valence-electron chi connectivity index (χ3n) is 5.38. The molecule has 0 spiro atoms. The molecule has 4 rings (SSSR count). The molecule has 1 aromatic carbocycles. The van der Waals surface area contributed by atoms with Crippen molar-refractivity contribution >= 4 is 0 Å². The summed E-state index contributed by atoms with van der Waals surface area (Å²) in [4.78, 5) is 22.6. The van der Waals surface area contributed by atoms with E-state index in [-0.39, 0.29) is 17.6 Å². The number of hydrogen-bond donors (Lipinski definition) is 1. The van der Waals surface area contributed by atoms with E-state index in [9.17, 15) is 4.79 Å². The second-order valence-electron chi connectivity index (χ2n) is 7.88. The van der Waals surface area contributed by atoms with Crippen LogP contribution in [-0.4, -0.2) is 34.1 Å². The summed E-state index contributed by atoms with van der Waals surface area (Å²) < 4.78 is 5.80. The Hall–Kier alpha value is -2.14. The van der Waals surface area contributed by atoms with E-state index in [1.54, 1.807) is 0 Å². The van der Waals surface area contributed by atoms with Gasteiger partial charge >= 0.3 is 0 Å². The van der Waals surface area contributed by atoms with Gasteiger partial charge in [-0.05, 0) is 30.5 Å². The number of hydrogen-bond acceptors (Lipinski definition) is 4. The first-order valence-corrected chi connectivity index (χ1v) is 9.62. The Kier molecular flexibility index (Phi) is 4.57. The minimum atomic E-state index is 0.0456. The summed E-state index contributed by atoms with van der Waals surface area (Å²) in [7, 11) is 0. The van der Waals surface area contributed by atoms with Crippen molar-refractivity contribution in [2.75, 3.05) is 13.1 Å². The van der Waals surface area contributed by atoms with Crippen LogP contribution in [0.5, 0.6) is 5.75 Å². The van der Waals surface area contributed by atoms with Crippen molar-refractivity contribution < 1.29 is 4.74 Å². The van der Waals surface area contributed by atoms with E-state index in [2.05, 4.69) is 48.9 Å². The van der Waals surface area contributed by atoms with Gasteiger partial charge in [0, 0.05) is 44.0 Å². The van der Waals surface area contributed by atoms with Crippen LogP contribution in [0.15, 0.2) is 23.0 Å². The van der Waals surface area contributed by atoms with Crippen LogP contribution in [0.3, 0.4) is 0 Å². The van der Waals surface area contributed by atoms with Crippen LogP contribution >= 0.6 is 0 Å². The summed E-state index contributed by atoms with van der Waals surface area (Å²) in [6, 6.07) is 6.54. The molecule has 0 saturated carbocycles. The van der Waals surface area contributed by atoms with E-state index in [4.69, 9.17) is 9.72 Å². The maximum absolute atomic E-state index is 12.4. The van der Waals surface area contributed by atoms with Gasteiger partial charge in [-0.15, -0.1) is 0 Å². The van der Waals surface area contributed by atoms with Gasteiger partial charge in [0.15, 0.2) is 0 Å². The minimum absolute atomic E-state index is 0.0456. The maximum atomic E-state index is 12.4. The van der Waals surface area contributed by atoms with Crippen LogP contribution in [0.2, 0.25) is 0 Å². The lowest BCUT2D eigenvalue weighted by Crippen LogP contribution is -2.26. The molecule has 0 bridgehead atoms. The second-order valence-corrected chi connectivity index (χ2v) is 7.88. The monoisotopic (exact) mass is 353 g/mol. The lowest BCUT2D eigenvalue weighted by Gasteiger charge is -2.19. The van der Waals surface area contributed by atoms with Crippen LogP contribution in [0, 0.1) is 0 Å². The van der Waals surface area contributed by atoms with Gasteiger partial charge in [-0.2, -0.15) is 0 Å². The Bertz CT molecular complexity index is 872. The van der Waals surface area contributed by atoms with Crippen molar-refractivity contribution in [3.8, 4) is 5.75 Å². The molecular formula is C21H27N3O2. The Labute approximate surface area is 154 Å². The largest absolute Gasteiger partial charge is 0.490 e. The van der Waals surface area contributed by atoms with Gasteiger partial charge in [0.25, 0.3) is 5.56 Å². The molecule has 5 heteroatoms. The molecule has 1 aromatic heterocycles. The summed E-state index contributed by atoms with van der Waals surface area (Å²) in [5.41, 5.74) is 4.53. The molecule has 2 aliphatic rings. The highest BCUT2D eigenvalue weighted by molar-refractivity contribution is 5.40. The van der Waals surface area contributed by atoms with Crippen molar-refractivity contribution in [2.45, 2.75) is 58.6 Å². The smallest absolute Gasteiger partial charge is 0.254 e. The summed E-state index contributed by atoms with van der Waals surface area (Å²) >= 11 is 0. The van der Waals surface area contributed by atoms with Crippen LogP contribution < -0.4 is 10.3 Å². The van der Waals surface area contributed by atoms with Gasteiger partial charge in [-0.3, -0.25) is 9.69 Å². The number of nitrogens with zero attached hydrogens (tertiary/aromatic N) is 2. The van der Waals surface area contributed by atoms with Gasteiger partial charge < -0.3 is 9.72 Å². The number of H-pyrrole nitrogens is 1. The second kappa shape index (κ2) is 6.88. The minimum Gasteiger partial charge on any atom is -0.490 e. The van der Waals surface area contributed by atoms with Crippen molar-refractivity contribution in [3.63, 3.8) is 0 Å². The summed E-state index contributed by atoms with van der Waals surface area (Å²) in [6.07, 6.45) is 2.87. The number of aromatic nitrogens is 2. The third kappa shape index (κ3) is 3.40. The third-order valence-corrected chi connectivity index (χ3v) is 5.38. The lowest BCUT2D eigenvalue weighted by molar-refractivity contribution is 0.254. The SMILES string of the molecule is CC1Cc2cc(CN3CCc4nc(C(C)C)[nH]c(=O)c4CC3)ccc2O1. The fourth-order valence-corrected chi connectivity index (χ4v) is 3.94. The van der Waals surface area contributed by atoms with E-state index in [0.29, 0.717) is 0 Å². The summed E-state index contributed by atoms with van der Waals surface area (Å²) in [5.74, 6) is 2.07. The fourth-order valence-electron chi connectivity index (χ4n) is 3.94. The van der Waals surface area contributed by atoms with Crippen LogP contribution in [0.4, 0.5) is 0 Å². The standard InChI is InChI=1S/C21H27N3O2/c1-13(2)20-22-18-7-9-24(8-6-17(18)21(25)23-20)12-15-4-5-19-16(11-15)10-14(3)26-19/h4-5,11,13-14H,6-10,12H2,1-3H3,(H,22,23,25). The highest BCUT2D eigenvalue weighted by atomic mass is 16.5. The Morgan fingerprint density at radius 2 is 2.12 bits per heavy atom. The molecule has 5 nitrogen and oxygen atoms in total. The quantitative estimate of drug-likeness (QED) is 0.922.